The molecule has 1 unspecified atom stereocenters. The maximum Gasteiger partial charge on any atom is 0.341 e. The van der Waals surface area contributed by atoms with Crippen molar-refractivity contribution in [3.05, 3.63) is 63.8 Å². The molecule has 0 bridgehead atoms. The molecule has 0 fully saturated rings. The van der Waals surface area contributed by atoms with E-state index in [1.165, 1.54) is 34.2 Å². The standard InChI is InChI=1S/C29H29N3O3S2/c1-3-35-29(34)25-22-10-9-18-6-4-5-7-21(18)26(22)37-28(25)32-24(33)12-13-36-27-20(16-30)15-19-14-17(2)8-11-23(19)31-27/h4-7,15,17H,3,8-14H2,1-2H3,(H,32,33). The third-order valence-electron chi connectivity index (χ3n) is 6.93. The molecule has 2 aliphatic rings. The van der Waals surface area contributed by atoms with Crippen LogP contribution in [-0.2, 0) is 35.2 Å². The number of hydrogen-bond donors (Lipinski definition) is 1. The van der Waals surface area contributed by atoms with Crippen molar-refractivity contribution in [2.45, 2.75) is 57.4 Å². The SMILES string of the molecule is CCOC(=O)c1c(NC(=O)CCSc2nc3c(cc2C#N)CC(C)CC3)sc2c1CCc1ccccc1-2. The summed E-state index contributed by atoms with van der Waals surface area (Å²) in [6, 6.07) is 12.5. The minimum Gasteiger partial charge on any atom is -0.462 e. The summed E-state index contributed by atoms with van der Waals surface area (Å²) in [6.07, 6.45) is 4.83. The molecule has 1 aromatic carbocycles. The molecule has 2 heterocycles. The lowest BCUT2D eigenvalue weighted by atomic mass is 9.87. The molecular weight excluding hydrogens is 502 g/mol. The van der Waals surface area contributed by atoms with E-state index in [4.69, 9.17) is 9.72 Å². The molecule has 0 radical (unpaired) electrons. The summed E-state index contributed by atoms with van der Waals surface area (Å²) >= 11 is 2.88. The van der Waals surface area contributed by atoms with Crippen LogP contribution in [-0.4, -0.2) is 29.2 Å². The zero-order valence-corrected chi connectivity index (χ0v) is 22.7. The van der Waals surface area contributed by atoms with Crippen LogP contribution >= 0.6 is 23.1 Å². The van der Waals surface area contributed by atoms with Gasteiger partial charge in [0.15, 0.2) is 0 Å². The number of ether oxygens (including phenoxy) is 1. The number of carbonyl (C=O) groups is 2. The van der Waals surface area contributed by atoms with Crippen LogP contribution in [0.3, 0.4) is 0 Å². The van der Waals surface area contributed by atoms with Gasteiger partial charge in [0.2, 0.25) is 5.91 Å². The molecule has 190 valence electrons. The number of aryl methyl sites for hydroxylation is 2. The smallest absolute Gasteiger partial charge is 0.341 e. The van der Waals surface area contributed by atoms with Crippen molar-refractivity contribution in [1.82, 2.24) is 4.98 Å². The van der Waals surface area contributed by atoms with Gasteiger partial charge in [-0.3, -0.25) is 4.79 Å². The Morgan fingerprint density at radius 1 is 1.24 bits per heavy atom. The number of thiophene rings is 1. The number of thioether (sulfide) groups is 1. The van der Waals surface area contributed by atoms with Gasteiger partial charge >= 0.3 is 5.97 Å². The number of benzene rings is 1. The molecule has 2 aromatic heterocycles. The first-order chi connectivity index (χ1) is 18.0. The highest BCUT2D eigenvalue weighted by molar-refractivity contribution is 7.99. The van der Waals surface area contributed by atoms with Gasteiger partial charge in [-0.2, -0.15) is 5.26 Å². The van der Waals surface area contributed by atoms with E-state index < -0.39 is 5.97 Å². The fourth-order valence-electron chi connectivity index (χ4n) is 5.10. The molecule has 0 saturated heterocycles. The summed E-state index contributed by atoms with van der Waals surface area (Å²) in [6.45, 7) is 4.29. The summed E-state index contributed by atoms with van der Waals surface area (Å²) < 4.78 is 5.35. The van der Waals surface area contributed by atoms with Crippen molar-refractivity contribution < 1.29 is 14.3 Å². The molecular formula is C29H29N3O3S2. The van der Waals surface area contributed by atoms with Crippen LogP contribution in [0.4, 0.5) is 5.00 Å². The Hall–Kier alpha value is -3.15. The number of amides is 1. The first kappa shape index (κ1) is 25.5. The van der Waals surface area contributed by atoms with Crippen LogP contribution in [0.25, 0.3) is 10.4 Å². The summed E-state index contributed by atoms with van der Waals surface area (Å²) in [5.41, 5.74) is 6.63. The number of fused-ring (bicyclic) bond motifs is 4. The molecule has 0 saturated carbocycles. The lowest BCUT2D eigenvalue weighted by Crippen LogP contribution is -2.16. The quantitative estimate of drug-likeness (QED) is 0.288. The maximum atomic E-state index is 13.0. The van der Waals surface area contributed by atoms with Crippen LogP contribution in [0.2, 0.25) is 0 Å². The Bertz CT molecular complexity index is 1410. The van der Waals surface area contributed by atoms with E-state index in [9.17, 15) is 14.9 Å². The summed E-state index contributed by atoms with van der Waals surface area (Å²) in [7, 11) is 0. The third-order valence-corrected chi connectivity index (χ3v) is 9.11. The number of carbonyl (C=O) groups excluding carboxylic acids is 2. The Morgan fingerprint density at radius 2 is 2.08 bits per heavy atom. The van der Waals surface area contributed by atoms with Gasteiger partial charge in [-0.05, 0) is 73.3 Å². The van der Waals surface area contributed by atoms with E-state index in [1.807, 2.05) is 18.2 Å². The van der Waals surface area contributed by atoms with E-state index in [1.54, 1.807) is 6.92 Å². The first-order valence-corrected chi connectivity index (χ1v) is 14.5. The van der Waals surface area contributed by atoms with Gasteiger partial charge in [0.1, 0.15) is 16.1 Å². The second-order valence-electron chi connectivity index (χ2n) is 9.54. The van der Waals surface area contributed by atoms with Crippen LogP contribution in [0.1, 0.15) is 65.0 Å². The zero-order chi connectivity index (χ0) is 25.9. The van der Waals surface area contributed by atoms with Gasteiger partial charge in [0, 0.05) is 22.7 Å². The average molecular weight is 532 g/mol. The van der Waals surface area contributed by atoms with Crippen molar-refractivity contribution in [2.75, 3.05) is 17.7 Å². The fraction of sp³-hybridized carbons (Fsp3) is 0.379. The van der Waals surface area contributed by atoms with Gasteiger partial charge in [-0.15, -0.1) is 23.1 Å². The molecule has 37 heavy (non-hydrogen) atoms. The molecule has 1 atom stereocenters. The summed E-state index contributed by atoms with van der Waals surface area (Å²) in [4.78, 5) is 31.7. The number of nitriles is 1. The monoisotopic (exact) mass is 531 g/mol. The van der Waals surface area contributed by atoms with Crippen LogP contribution in [0, 0.1) is 17.2 Å². The number of nitrogens with one attached hydrogen (secondary N) is 1. The first-order valence-electron chi connectivity index (χ1n) is 12.7. The van der Waals surface area contributed by atoms with E-state index in [2.05, 4.69) is 30.4 Å². The molecule has 6 nitrogen and oxygen atoms in total. The topological polar surface area (TPSA) is 92.1 Å². The number of rotatable bonds is 7. The van der Waals surface area contributed by atoms with Gasteiger partial charge < -0.3 is 10.1 Å². The van der Waals surface area contributed by atoms with Crippen LogP contribution in [0.15, 0.2) is 35.4 Å². The third kappa shape index (κ3) is 5.29. The van der Waals surface area contributed by atoms with Gasteiger partial charge in [-0.1, -0.05) is 31.2 Å². The second kappa shape index (κ2) is 11.1. The van der Waals surface area contributed by atoms with Crippen molar-refractivity contribution in [3.8, 4) is 16.5 Å². The zero-order valence-electron chi connectivity index (χ0n) is 21.1. The van der Waals surface area contributed by atoms with Gasteiger partial charge in [-0.25, -0.2) is 9.78 Å². The second-order valence-corrected chi connectivity index (χ2v) is 11.6. The molecule has 0 spiro atoms. The molecule has 3 aromatic rings. The summed E-state index contributed by atoms with van der Waals surface area (Å²) in [5.74, 6) is 0.537. The summed E-state index contributed by atoms with van der Waals surface area (Å²) in [5, 5.41) is 13.9. The Labute approximate surface area is 225 Å². The molecule has 8 heteroatoms. The minimum atomic E-state index is -0.393. The fourth-order valence-corrected chi connectivity index (χ4v) is 7.32. The normalized spacial score (nSPS) is 15.6. The Morgan fingerprint density at radius 3 is 2.89 bits per heavy atom. The highest BCUT2D eigenvalue weighted by Crippen LogP contribution is 2.45. The predicted octanol–water partition coefficient (Wildman–Crippen LogP) is 6.20. The van der Waals surface area contributed by atoms with Crippen LogP contribution < -0.4 is 5.32 Å². The number of aromatic nitrogens is 1. The van der Waals surface area contributed by atoms with Crippen molar-refractivity contribution in [2.24, 2.45) is 5.92 Å². The number of anilines is 1. The van der Waals surface area contributed by atoms with Crippen molar-refractivity contribution >= 4 is 40.0 Å². The van der Waals surface area contributed by atoms with E-state index >= 15 is 0 Å². The van der Waals surface area contributed by atoms with E-state index in [0.29, 0.717) is 32.8 Å². The van der Waals surface area contributed by atoms with Crippen LogP contribution in [0.5, 0.6) is 0 Å². The minimum absolute atomic E-state index is 0.171. The number of nitrogens with zero attached hydrogens (tertiary/aromatic N) is 2. The molecule has 2 aliphatic carbocycles. The average Bonchev–Trinajstić information content (AvgIpc) is 3.26. The Balaban J connectivity index is 1.31. The van der Waals surface area contributed by atoms with Crippen molar-refractivity contribution in [3.63, 3.8) is 0 Å². The number of hydrogen-bond acceptors (Lipinski definition) is 7. The van der Waals surface area contributed by atoms with E-state index in [-0.39, 0.29) is 18.9 Å². The molecule has 0 aliphatic heterocycles. The maximum absolute atomic E-state index is 13.0. The number of pyridine rings is 1. The van der Waals surface area contributed by atoms with E-state index in [0.717, 1.165) is 53.8 Å². The molecule has 1 N–H and O–H groups in total. The van der Waals surface area contributed by atoms with Gasteiger partial charge in [0.25, 0.3) is 0 Å². The largest absolute Gasteiger partial charge is 0.462 e. The Kier molecular flexibility index (Phi) is 7.63. The predicted molar refractivity (Wildman–Crippen MR) is 147 cm³/mol. The lowest BCUT2D eigenvalue weighted by molar-refractivity contribution is -0.115. The highest BCUT2D eigenvalue weighted by atomic mass is 32.2. The molecule has 5 rings (SSSR count). The number of esters is 1. The molecule has 1 amide bonds. The lowest BCUT2D eigenvalue weighted by Gasteiger charge is -2.21. The van der Waals surface area contributed by atoms with Gasteiger partial charge in [0.05, 0.1) is 17.7 Å². The van der Waals surface area contributed by atoms with Crippen molar-refractivity contribution in [1.29, 1.82) is 5.26 Å². The highest BCUT2D eigenvalue weighted by Gasteiger charge is 2.29.